The molecule has 6 aromatic carbocycles. The minimum absolute atomic E-state index is 0. The van der Waals surface area contributed by atoms with Gasteiger partial charge in [0.25, 0.3) is 5.97 Å². The molecule has 3 fully saturated rings. The van der Waals surface area contributed by atoms with E-state index in [9.17, 15) is 54.0 Å². The largest absolute Gasteiger partial charge is 1.00 e. The Morgan fingerprint density at radius 3 is 0.915 bits per heavy atom. The van der Waals surface area contributed by atoms with Gasteiger partial charge in [0.2, 0.25) is 0 Å². The average Bonchev–Trinajstić information content (AvgIpc) is 1.25. The molecule has 0 aromatic heterocycles. The molecule has 0 bridgehead atoms. The second-order valence-corrected chi connectivity index (χ2v) is 32.2. The normalized spacial score (nSPS) is 12.8. The predicted octanol–water partition coefficient (Wildman–Crippen LogP) is 14.7. The quantitative estimate of drug-likeness (QED) is 0.0196. The smallest absolute Gasteiger partial charge is 0.481 e. The summed E-state index contributed by atoms with van der Waals surface area (Å²) in [5, 5.41) is 97.5. The van der Waals surface area contributed by atoms with Gasteiger partial charge in [-0.2, -0.15) is 20.8 Å². The first kappa shape index (κ1) is 123. The summed E-state index contributed by atoms with van der Waals surface area (Å²) < 4.78 is 34.1. The van der Waals surface area contributed by atoms with E-state index >= 15 is 0 Å². The molecule has 0 saturated carbocycles. The molecule has 1 unspecified atom stereocenters. The third-order valence-electron chi connectivity index (χ3n) is 12.5. The number of aldehydes is 2. The monoisotopic (exact) mass is 1900 g/mol. The number of benzene rings is 6. The minimum Gasteiger partial charge on any atom is -0.481 e. The van der Waals surface area contributed by atoms with Crippen molar-refractivity contribution in [2.45, 2.75) is 191 Å². The van der Waals surface area contributed by atoms with E-state index in [4.69, 9.17) is 144 Å². The van der Waals surface area contributed by atoms with Gasteiger partial charge >= 0.3 is 36.8 Å². The number of carbonyl (C=O) groups excluding carboxylic acids is 4. The Morgan fingerprint density at radius 2 is 0.678 bits per heavy atom. The summed E-state index contributed by atoms with van der Waals surface area (Å²) in [6.07, 6.45) is -0.654. The third-order valence-corrected chi connectivity index (χ3v) is 14.7. The van der Waals surface area contributed by atoms with Crippen LogP contribution in [0.1, 0.15) is 228 Å². The van der Waals surface area contributed by atoms with Crippen molar-refractivity contribution in [1.29, 1.82) is 0 Å². The zero-order valence-electron chi connectivity index (χ0n) is 69.9. The summed E-state index contributed by atoms with van der Waals surface area (Å²) >= 11 is 41.8. The number of aliphatic hydroxyl groups excluding tert-OH is 3. The van der Waals surface area contributed by atoms with Crippen LogP contribution in [0.2, 0.25) is 30.1 Å². The number of carboxylic acids is 4. The second-order valence-electron chi connectivity index (χ2n) is 27.7. The number of ketones is 2. The fourth-order valence-electron chi connectivity index (χ4n) is 7.86. The molecular formula is C82H115Br2Cl6LiN2O25. The van der Waals surface area contributed by atoms with Gasteiger partial charge in [0.15, 0.2) is 18.9 Å². The number of hydrogen-bond acceptors (Lipinski definition) is 23. The van der Waals surface area contributed by atoms with Crippen molar-refractivity contribution < 1.29 is 142 Å². The van der Waals surface area contributed by atoms with Crippen LogP contribution < -0.4 is 30.7 Å². The van der Waals surface area contributed by atoms with Crippen molar-refractivity contribution in [3.05, 3.63) is 210 Å². The SMILES string of the molecule is CC(=O)O.CC(C)(O)c1cc(Cl)cc(C(N)CC(=O)O)c1.CC(C)(O)c1cc(Cl)cc(C2OCCO2)c1.CC(C)(O)c1cc(Cl)cc(C2OCCO2)c1.CC(C)(O)c1cc(Cl)cc(C=O)c1.CC(C)=O.CC(C)=O.CC(C)O.C[C-](C)C.Clc1cc(Br)cc(C2OCCO2)c1.N.O=C(O)CC(=O)O.O=Cc1cc(Cl)cc(Br)c1.OCCO.[Li+]. The molecule has 0 amide bonds. The molecule has 0 spiro atoms. The number of aliphatic carboxylic acids is 4. The molecule has 6 aromatic rings. The Morgan fingerprint density at radius 1 is 0.449 bits per heavy atom. The Labute approximate surface area is 751 Å². The van der Waals surface area contributed by atoms with Gasteiger partial charge in [-0.05, 0) is 228 Å². The summed E-state index contributed by atoms with van der Waals surface area (Å²) in [7, 11) is 0. The number of aliphatic hydroxyl groups is 7. The first-order chi connectivity index (χ1) is 53.2. The summed E-state index contributed by atoms with van der Waals surface area (Å²) in [4.78, 5) is 78.1. The number of carboxylic acid groups (broad SMARTS) is 4. The van der Waals surface area contributed by atoms with Crippen LogP contribution in [0.5, 0.6) is 0 Å². The van der Waals surface area contributed by atoms with Gasteiger partial charge in [-0.25, -0.2) is 0 Å². The van der Waals surface area contributed by atoms with Gasteiger partial charge in [0.05, 0.1) is 81.7 Å². The molecule has 3 saturated heterocycles. The van der Waals surface area contributed by atoms with Crippen molar-refractivity contribution in [3.8, 4) is 0 Å². The van der Waals surface area contributed by atoms with Gasteiger partial charge < -0.3 is 112 Å². The van der Waals surface area contributed by atoms with E-state index in [1.165, 1.54) is 33.6 Å². The Balaban J connectivity index is -0.000000298. The first-order valence-electron chi connectivity index (χ1n) is 35.1. The molecule has 118 heavy (non-hydrogen) atoms. The molecule has 3 heterocycles. The maximum atomic E-state index is 10.6. The number of rotatable bonds is 15. The second kappa shape index (κ2) is 65.3. The molecule has 1 atom stereocenters. The van der Waals surface area contributed by atoms with Crippen LogP contribution in [0.3, 0.4) is 0 Å². The van der Waals surface area contributed by atoms with E-state index in [0.717, 1.165) is 50.0 Å². The Bertz CT molecular complexity index is 3730. The molecule has 16 N–H and O–H groups in total. The summed E-state index contributed by atoms with van der Waals surface area (Å²) in [6, 6.07) is 30.6. The Kier molecular flexibility index (Phi) is 68.2. The maximum absolute atomic E-state index is 10.6. The van der Waals surface area contributed by atoms with Crippen LogP contribution in [0, 0.1) is 5.92 Å². The van der Waals surface area contributed by atoms with Gasteiger partial charge in [-0.1, -0.05) is 108 Å². The molecule has 27 nitrogen and oxygen atoms in total. The third kappa shape index (κ3) is 67.2. The van der Waals surface area contributed by atoms with E-state index in [0.29, 0.717) is 104 Å². The van der Waals surface area contributed by atoms with Crippen LogP contribution in [-0.4, -0.2) is 163 Å². The van der Waals surface area contributed by atoms with E-state index in [1.807, 2.05) is 30.3 Å². The molecular weight excluding hydrogens is 1790 g/mol. The first-order valence-corrected chi connectivity index (χ1v) is 39.0. The number of nitrogens with two attached hydrogens (primary N) is 1. The van der Waals surface area contributed by atoms with Crippen LogP contribution in [0.25, 0.3) is 0 Å². The van der Waals surface area contributed by atoms with Crippen molar-refractivity contribution >= 4 is 149 Å². The van der Waals surface area contributed by atoms with Gasteiger partial charge in [0.1, 0.15) is 30.6 Å². The van der Waals surface area contributed by atoms with Crippen LogP contribution >= 0.6 is 101 Å². The van der Waals surface area contributed by atoms with Crippen LogP contribution in [0.15, 0.2) is 118 Å². The molecule has 0 aliphatic carbocycles. The Hall–Kier alpha value is -5.42. The standard InChI is InChI=1S/C12H16ClNO3.2C12H15ClO3.C10H11ClO2.C9H8BrClO2.C7H4BrClO.C4H9.C3H4O4.C3H8O.2C3H6O.C2H4O2.C2H6O2.Li.H3N/c1-12(2,17)8-3-7(4-9(13)5-8)10(14)6-11(15)16;2*1-12(2,14)9-5-8(6-10(13)7-9)11-15-3-4-16-11;1-10(2,13)8-3-7(6-12)4-9(11)5-8;10-7-3-6(4-8(11)5-7)9-12-1-2-13-9;8-6-1-5(4-10)2-7(9)3-6;1-4(2)3;4-2(5)1-3(6)7;3*1-3(2)4;1-2(3)4;3-1-2-4;;/h3-5,10,17H,6,14H2,1-2H3,(H,15,16);2*5-7,11,14H,3-4H2,1-2H3;3-6,13H,1-2H3;3-5,9H,1-2H2;1-4H;1-3H3;1H2,(H,4,5)(H,6,7);3-4H,1-2H3;2*1-2H3;1H3,(H,3,4);3-4H,1-2H2;;1H3/q;;;;;;-1;;;;;;;+1;. The maximum Gasteiger partial charge on any atom is 1.00 e. The van der Waals surface area contributed by atoms with Crippen molar-refractivity contribution in [3.63, 3.8) is 0 Å². The average molecular weight is 1910 g/mol. The van der Waals surface area contributed by atoms with Crippen molar-refractivity contribution in [1.82, 2.24) is 6.15 Å². The number of ether oxygens (including phenoxy) is 6. The van der Waals surface area contributed by atoms with Crippen LogP contribution in [-0.2, 0) is 79.6 Å². The summed E-state index contributed by atoms with van der Waals surface area (Å²) in [5.41, 5.74) is 9.00. The van der Waals surface area contributed by atoms with Gasteiger partial charge in [-0.15, -0.1) is 0 Å². The fourth-order valence-corrected chi connectivity index (χ4v) is 10.6. The van der Waals surface area contributed by atoms with Crippen molar-refractivity contribution in [2.24, 2.45) is 5.73 Å². The number of halogens is 8. The van der Waals surface area contributed by atoms with E-state index in [-0.39, 0.29) is 81.2 Å². The van der Waals surface area contributed by atoms with Crippen molar-refractivity contribution in [2.75, 3.05) is 52.9 Å². The molecule has 36 heteroatoms. The molecule has 3 aliphatic rings. The molecule has 9 rings (SSSR count). The number of Topliss-reactive ketones (excluding diaryl/α,β-unsaturated/α-hetero) is 2. The van der Waals surface area contributed by atoms with E-state index < -0.39 is 58.7 Å². The van der Waals surface area contributed by atoms with E-state index in [1.54, 1.807) is 148 Å². The molecule has 3 aliphatic heterocycles. The zero-order chi connectivity index (χ0) is 90.8. The number of carbonyl (C=O) groups is 8. The van der Waals surface area contributed by atoms with Gasteiger partial charge in [-0.3, -0.25) is 28.8 Å². The van der Waals surface area contributed by atoms with E-state index in [2.05, 4.69) is 52.6 Å². The predicted molar refractivity (Wildman–Crippen MR) is 462 cm³/mol. The molecule has 0 radical (unpaired) electrons. The fraction of sp³-hybridized carbons (Fsp3) is 0.451. The number of hydrogen-bond donors (Lipinski definition) is 13. The zero-order valence-corrected chi connectivity index (χ0v) is 77.7. The van der Waals surface area contributed by atoms with Gasteiger partial charge in [0, 0.05) is 86.0 Å². The topological polar surface area (TPSA) is 475 Å². The summed E-state index contributed by atoms with van der Waals surface area (Å²) in [6.45, 7) is 33.7. The van der Waals surface area contributed by atoms with Crippen LogP contribution in [0.4, 0.5) is 0 Å². The minimum atomic E-state index is -1.31. The summed E-state index contributed by atoms with van der Waals surface area (Å²) in [5.74, 6) is -2.68. The molecule has 660 valence electrons.